The van der Waals surface area contributed by atoms with Crippen LogP contribution in [0.2, 0.25) is 0 Å². The molecular formula is C11H18N2O2. The van der Waals surface area contributed by atoms with Crippen LogP contribution in [0.25, 0.3) is 0 Å². The van der Waals surface area contributed by atoms with Gasteiger partial charge in [-0.25, -0.2) is 4.79 Å². The fourth-order valence-electron chi connectivity index (χ4n) is 3.58. The van der Waals surface area contributed by atoms with Crippen molar-refractivity contribution in [1.29, 1.82) is 0 Å². The second-order valence-corrected chi connectivity index (χ2v) is 5.05. The highest BCUT2D eigenvalue weighted by atomic mass is 16.6. The molecule has 2 heterocycles. The Morgan fingerprint density at radius 1 is 1.07 bits per heavy atom. The SMILES string of the molecule is O=C1NC2(CCCC2)C2(CCNCC2)O1. The van der Waals surface area contributed by atoms with E-state index in [9.17, 15) is 4.79 Å². The van der Waals surface area contributed by atoms with E-state index in [2.05, 4.69) is 10.6 Å². The Bertz CT molecular complexity index is 278. The Morgan fingerprint density at radius 3 is 2.40 bits per heavy atom. The minimum atomic E-state index is -0.203. The number of alkyl carbamates (subject to hydrolysis) is 1. The summed E-state index contributed by atoms with van der Waals surface area (Å²) >= 11 is 0. The molecule has 2 saturated heterocycles. The van der Waals surface area contributed by atoms with Crippen LogP contribution in [0.3, 0.4) is 0 Å². The Morgan fingerprint density at radius 2 is 1.73 bits per heavy atom. The molecule has 1 amide bonds. The number of amides is 1. The number of fused-ring (bicyclic) bond motifs is 1. The van der Waals surface area contributed by atoms with E-state index >= 15 is 0 Å². The van der Waals surface area contributed by atoms with Gasteiger partial charge < -0.3 is 15.4 Å². The van der Waals surface area contributed by atoms with Crippen LogP contribution < -0.4 is 10.6 Å². The number of rotatable bonds is 0. The van der Waals surface area contributed by atoms with Crippen molar-refractivity contribution >= 4 is 6.09 Å². The molecule has 0 bridgehead atoms. The topological polar surface area (TPSA) is 50.4 Å². The molecular weight excluding hydrogens is 192 g/mol. The molecule has 2 aliphatic heterocycles. The van der Waals surface area contributed by atoms with Gasteiger partial charge in [0.15, 0.2) is 0 Å². The molecule has 1 aliphatic carbocycles. The van der Waals surface area contributed by atoms with Crippen molar-refractivity contribution in [3.63, 3.8) is 0 Å². The van der Waals surface area contributed by atoms with Crippen molar-refractivity contribution in [1.82, 2.24) is 10.6 Å². The van der Waals surface area contributed by atoms with Gasteiger partial charge >= 0.3 is 6.09 Å². The number of hydrogen-bond donors (Lipinski definition) is 2. The number of carbonyl (C=O) groups excluding carboxylic acids is 1. The first-order valence-electron chi connectivity index (χ1n) is 5.98. The smallest absolute Gasteiger partial charge is 0.408 e. The zero-order chi connectivity index (χ0) is 10.4. The first-order valence-corrected chi connectivity index (χ1v) is 5.98. The monoisotopic (exact) mass is 210 g/mol. The Hall–Kier alpha value is -0.770. The second-order valence-electron chi connectivity index (χ2n) is 5.05. The van der Waals surface area contributed by atoms with E-state index in [1.165, 1.54) is 12.8 Å². The van der Waals surface area contributed by atoms with Crippen LogP contribution in [-0.4, -0.2) is 30.3 Å². The standard InChI is InChI=1S/C11H18N2O2/c14-9-13-10(3-1-2-4-10)11(15-9)5-7-12-8-6-11/h12H,1-8H2,(H,13,14). The molecule has 0 unspecified atom stereocenters. The molecule has 3 aliphatic rings. The maximum atomic E-state index is 11.5. The summed E-state index contributed by atoms with van der Waals surface area (Å²) in [4.78, 5) is 11.5. The maximum Gasteiger partial charge on any atom is 0.408 e. The fraction of sp³-hybridized carbons (Fsp3) is 0.909. The number of piperidine rings is 1. The Kier molecular flexibility index (Phi) is 1.96. The lowest BCUT2D eigenvalue weighted by atomic mass is 9.73. The molecule has 3 rings (SSSR count). The van der Waals surface area contributed by atoms with Gasteiger partial charge in [0.2, 0.25) is 0 Å². The molecule has 2 spiro atoms. The van der Waals surface area contributed by atoms with Crippen LogP contribution >= 0.6 is 0 Å². The van der Waals surface area contributed by atoms with Crippen LogP contribution in [0.15, 0.2) is 0 Å². The van der Waals surface area contributed by atoms with Crippen molar-refractivity contribution in [2.75, 3.05) is 13.1 Å². The molecule has 0 aromatic rings. The number of carbonyl (C=O) groups is 1. The molecule has 4 nitrogen and oxygen atoms in total. The van der Waals surface area contributed by atoms with E-state index in [1.807, 2.05) is 0 Å². The highest BCUT2D eigenvalue weighted by molar-refractivity contribution is 5.72. The summed E-state index contributed by atoms with van der Waals surface area (Å²) in [6, 6.07) is 0. The van der Waals surface area contributed by atoms with Crippen LogP contribution in [0.1, 0.15) is 38.5 Å². The predicted molar refractivity (Wildman–Crippen MR) is 55.7 cm³/mol. The highest BCUT2D eigenvalue weighted by Crippen LogP contribution is 2.48. The van der Waals surface area contributed by atoms with Gasteiger partial charge in [-0.05, 0) is 25.9 Å². The normalized spacial score (nSPS) is 31.9. The van der Waals surface area contributed by atoms with Gasteiger partial charge in [-0.15, -0.1) is 0 Å². The summed E-state index contributed by atoms with van der Waals surface area (Å²) in [6.45, 7) is 1.94. The van der Waals surface area contributed by atoms with Gasteiger partial charge in [0.1, 0.15) is 5.60 Å². The van der Waals surface area contributed by atoms with E-state index in [-0.39, 0.29) is 17.2 Å². The molecule has 84 valence electrons. The first-order chi connectivity index (χ1) is 7.27. The molecule has 4 heteroatoms. The van der Waals surface area contributed by atoms with Gasteiger partial charge in [-0.3, -0.25) is 0 Å². The fourth-order valence-corrected chi connectivity index (χ4v) is 3.58. The zero-order valence-corrected chi connectivity index (χ0v) is 8.97. The molecule has 1 saturated carbocycles. The number of hydrogen-bond acceptors (Lipinski definition) is 3. The van der Waals surface area contributed by atoms with Crippen molar-refractivity contribution in [2.45, 2.75) is 49.7 Å². The van der Waals surface area contributed by atoms with Crippen LogP contribution in [0.5, 0.6) is 0 Å². The lowest BCUT2D eigenvalue weighted by Gasteiger charge is -2.43. The minimum absolute atomic E-state index is 0.0355. The van der Waals surface area contributed by atoms with Crippen LogP contribution in [0, 0.1) is 0 Å². The molecule has 0 radical (unpaired) electrons. The molecule has 0 aromatic carbocycles. The highest BCUT2D eigenvalue weighted by Gasteiger charge is 2.60. The average molecular weight is 210 g/mol. The van der Waals surface area contributed by atoms with Crippen molar-refractivity contribution in [2.24, 2.45) is 0 Å². The third-order valence-electron chi connectivity index (χ3n) is 4.37. The molecule has 0 atom stereocenters. The third-order valence-corrected chi connectivity index (χ3v) is 4.37. The lowest BCUT2D eigenvalue weighted by Crippen LogP contribution is -2.59. The van der Waals surface area contributed by atoms with E-state index in [0.29, 0.717) is 0 Å². The Balaban J connectivity index is 1.93. The van der Waals surface area contributed by atoms with Crippen molar-refractivity contribution in [3.8, 4) is 0 Å². The third kappa shape index (κ3) is 1.20. The number of nitrogens with one attached hydrogen (secondary N) is 2. The maximum absolute atomic E-state index is 11.5. The molecule has 15 heavy (non-hydrogen) atoms. The lowest BCUT2D eigenvalue weighted by molar-refractivity contribution is -0.0241. The van der Waals surface area contributed by atoms with Gasteiger partial charge in [0, 0.05) is 12.8 Å². The van der Waals surface area contributed by atoms with Gasteiger partial charge in [-0.1, -0.05) is 12.8 Å². The second kappa shape index (κ2) is 3.11. The molecule has 2 N–H and O–H groups in total. The van der Waals surface area contributed by atoms with Crippen LogP contribution in [0.4, 0.5) is 4.79 Å². The summed E-state index contributed by atoms with van der Waals surface area (Å²) in [5.41, 5.74) is -0.238. The van der Waals surface area contributed by atoms with Gasteiger partial charge in [-0.2, -0.15) is 0 Å². The molecule has 0 aromatic heterocycles. The summed E-state index contributed by atoms with van der Waals surface area (Å²) in [6.07, 6.45) is 6.37. The first kappa shape index (κ1) is 9.46. The average Bonchev–Trinajstić information content (AvgIpc) is 2.77. The van der Waals surface area contributed by atoms with Gasteiger partial charge in [0.25, 0.3) is 0 Å². The van der Waals surface area contributed by atoms with E-state index in [1.54, 1.807) is 0 Å². The van der Waals surface area contributed by atoms with E-state index in [0.717, 1.165) is 38.8 Å². The van der Waals surface area contributed by atoms with Crippen LogP contribution in [-0.2, 0) is 4.74 Å². The van der Waals surface area contributed by atoms with E-state index < -0.39 is 0 Å². The minimum Gasteiger partial charge on any atom is -0.440 e. The summed E-state index contributed by atoms with van der Waals surface area (Å²) in [5.74, 6) is 0. The Labute approximate surface area is 89.7 Å². The zero-order valence-electron chi connectivity index (χ0n) is 8.97. The predicted octanol–water partition coefficient (Wildman–Crippen LogP) is 1.16. The van der Waals surface area contributed by atoms with E-state index in [4.69, 9.17) is 4.74 Å². The quantitative estimate of drug-likeness (QED) is 0.631. The summed E-state index contributed by atoms with van der Waals surface area (Å²) in [5, 5.41) is 6.44. The summed E-state index contributed by atoms with van der Waals surface area (Å²) in [7, 11) is 0. The summed E-state index contributed by atoms with van der Waals surface area (Å²) < 4.78 is 5.64. The molecule has 3 fully saturated rings. The van der Waals surface area contributed by atoms with Crippen molar-refractivity contribution < 1.29 is 9.53 Å². The van der Waals surface area contributed by atoms with Gasteiger partial charge in [0.05, 0.1) is 5.54 Å². The number of ether oxygens (including phenoxy) is 1. The van der Waals surface area contributed by atoms with Crippen molar-refractivity contribution in [3.05, 3.63) is 0 Å². The largest absolute Gasteiger partial charge is 0.440 e.